The van der Waals surface area contributed by atoms with Crippen LogP contribution in [0.1, 0.15) is 62.4 Å². The van der Waals surface area contributed by atoms with Gasteiger partial charge in [-0.1, -0.05) is 50.6 Å². The van der Waals surface area contributed by atoms with Crippen molar-refractivity contribution in [1.29, 1.82) is 0 Å². The van der Waals surface area contributed by atoms with E-state index < -0.39 is 0 Å². The van der Waals surface area contributed by atoms with Crippen LogP contribution >= 0.6 is 0 Å². The summed E-state index contributed by atoms with van der Waals surface area (Å²) in [6.07, 6.45) is 12.6. The minimum absolute atomic E-state index is 0.614. The van der Waals surface area contributed by atoms with Gasteiger partial charge in [-0.05, 0) is 56.7 Å². The van der Waals surface area contributed by atoms with Gasteiger partial charge in [0.25, 0.3) is 0 Å². The highest BCUT2D eigenvalue weighted by molar-refractivity contribution is 5.78. The molecule has 1 rings (SSSR count). The Kier molecular flexibility index (Phi) is 17.1. The molecule has 0 aliphatic heterocycles. The number of ether oxygens (including phenoxy) is 1. The van der Waals surface area contributed by atoms with Crippen molar-refractivity contribution >= 4 is 12.0 Å². The van der Waals surface area contributed by atoms with E-state index in [2.05, 4.69) is 66.8 Å². The Bertz CT molecular complexity index is 705. The number of allylic oxidation sites excluding steroid dienone is 1. The maximum absolute atomic E-state index is 11.5. The van der Waals surface area contributed by atoms with Crippen molar-refractivity contribution in [3.63, 3.8) is 0 Å². The second-order valence-electron chi connectivity index (χ2n) is 9.11. The number of carbonyl (C=O) groups excluding carboxylic acids is 1. The Morgan fingerprint density at radius 2 is 1.97 bits per heavy atom. The highest BCUT2D eigenvalue weighted by Crippen LogP contribution is 2.26. The van der Waals surface area contributed by atoms with Crippen LogP contribution in [0.4, 0.5) is 5.69 Å². The number of benzene rings is 1. The molecule has 34 heavy (non-hydrogen) atoms. The topological polar surface area (TPSA) is 44.8 Å². The lowest BCUT2D eigenvalue weighted by molar-refractivity contribution is 0.112. The molecule has 5 heteroatoms. The Balaban J connectivity index is 2.87. The minimum atomic E-state index is 0.614. The maximum Gasteiger partial charge on any atom is 0.150 e. The predicted octanol–water partition coefficient (Wildman–Crippen LogP) is 5.36. The highest BCUT2D eigenvalue weighted by Gasteiger charge is 2.15. The third-order valence-electron chi connectivity index (χ3n) is 6.30. The lowest BCUT2D eigenvalue weighted by Crippen LogP contribution is -2.39. The number of nitrogens with one attached hydrogen (secondary N) is 1. The van der Waals surface area contributed by atoms with Gasteiger partial charge in [-0.15, -0.1) is 6.58 Å². The second-order valence-corrected chi connectivity index (χ2v) is 9.11. The third-order valence-corrected chi connectivity index (χ3v) is 6.30. The Hall–Kier alpha value is -1.95. The van der Waals surface area contributed by atoms with Crippen molar-refractivity contribution < 1.29 is 9.53 Å². The normalized spacial score (nSPS) is 12.4. The molecule has 0 radical (unpaired) electrons. The summed E-state index contributed by atoms with van der Waals surface area (Å²) in [6, 6.07) is 6.18. The van der Waals surface area contributed by atoms with E-state index in [1.165, 1.54) is 11.3 Å². The minimum Gasteiger partial charge on any atom is -0.385 e. The molecular weight excluding hydrogens is 422 g/mol. The molecule has 192 valence electrons. The highest BCUT2D eigenvalue weighted by atomic mass is 16.5. The van der Waals surface area contributed by atoms with Crippen LogP contribution in [0.25, 0.3) is 0 Å². The zero-order valence-corrected chi connectivity index (χ0v) is 22.2. The van der Waals surface area contributed by atoms with Crippen molar-refractivity contribution in [2.75, 3.05) is 64.4 Å². The zero-order valence-electron chi connectivity index (χ0n) is 22.2. The number of rotatable bonds is 21. The molecule has 0 aliphatic rings. The van der Waals surface area contributed by atoms with Gasteiger partial charge < -0.3 is 15.0 Å². The van der Waals surface area contributed by atoms with Crippen LogP contribution in [0.2, 0.25) is 0 Å². The average molecular weight is 472 g/mol. The van der Waals surface area contributed by atoms with E-state index >= 15 is 0 Å². The smallest absolute Gasteiger partial charge is 0.150 e. The van der Waals surface area contributed by atoms with Crippen molar-refractivity contribution in [2.24, 2.45) is 5.92 Å². The zero-order chi connectivity index (χ0) is 25.0. The van der Waals surface area contributed by atoms with E-state index in [1.54, 1.807) is 7.11 Å². The Morgan fingerprint density at radius 3 is 2.65 bits per heavy atom. The van der Waals surface area contributed by atoms with Crippen LogP contribution in [0, 0.1) is 5.92 Å². The summed E-state index contributed by atoms with van der Waals surface area (Å²) in [7, 11) is 1.76. The van der Waals surface area contributed by atoms with Crippen LogP contribution in [0.15, 0.2) is 43.0 Å². The fourth-order valence-corrected chi connectivity index (χ4v) is 3.91. The number of hydrogen-bond acceptors (Lipinski definition) is 5. The molecule has 0 saturated carbocycles. The van der Waals surface area contributed by atoms with Crippen LogP contribution in [-0.2, 0) is 11.2 Å². The first-order chi connectivity index (χ1) is 16.6. The van der Waals surface area contributed by atoms with Crippen molar-refractivity contribution in [2.45, 2.75) is 52.9 Å². The molecule has 0 saturated heterocycles. The van der Waals surface area contributed by atoms with Crippen molar-refractivity contribution in [3.8, 4) is 0 Å². The summed E-state index contributed by atoms with van der Waals surface area (Å²) < 4.78 is 5.13. The number of carbonyl (C=O) groups is 1. The largest absolute Gasteiger partial charge is 0.385 e. The summed E-state index contributed by atoms with van der Waals surface area (Å²) in [5.74, 6) is 0.614. The van der Waals surface area contributed by atoms with E-state index in [0.717, 1.165) is 96.4 Å². The van der Waals surface area contributed by atoms with Crippen LogP contribution < -0.4 is 10.2 Å². The van der Waals surface area contributed by atoms with E-state index in [0.29, 0.717) is 5.92 Å². The van der Waals surface area contributed by atoms with Gasteiger partial charge >= 0.3 is 0 Å². The molecule has 0 heterocycles. The molecule has 0 spiro atoms. The van der Waals surface area contributed by atoms with Gasteiger partial charge in [-0.3, -0.25) is 9.69 Å². The van der Waals surface area contributed by atoms with Gasteiger partial charge in [-0.2, -0.15) is 0 Å². The number of methoxy groups -OCH3 is 1. The van der Waals surface area contributed by atoms with Crippen LogP contribution in [-0.4, -0.2) is 70.7 Å². The van der Waals surface area contributed by atoms with Gasteiger partial charge in [0, 0.05) is 64.2 Å². The van der Waals surface area contributed by atoms with Gasteiger partial charge in [-0.25, -0.2) is 0 Å². The molecule has 0 bridgehead atoms. The summed E-state index contributed by atoms with van der Waals surface area (Å²) in [6.45, 7) is 18.2. The van der Waals surface area contributed by atoms with Gasteiger partial charge in [0.15, 0.2) is 0 Å². The summed E-state index contributed by atoms with van der Waals surface area (Å²) in [5.41, 5.74) is 3.28. The third kappa shape index (κ3) is 12.5. The Morgan fingerprint density at radius 1 is 1.15 bits per heavy atom. The van der Waals surface area contributed by atoms with Gasteiger partial charge in [0.05, 0.1) is 0 Å². The number of hydrogen-bond donors (Lipinski definition) is 1. The molecule has 1 atom stereocenters. The maximum atomic E-state index is 11.5. The SMILES string of the molecule is C=CCCN(CCN(C/C=C/C)CCNCCCCOC)c1cc(C=O)ccc1CC(C)CC. The fraction of sp³-hybridized carbons (Fsp3) is 0.621. The van der Waals surface area contributed by atoms with E-state index in [1.807, 2.05) is 12.1 Å². The number of nitrogens with zero attached hydrogens (tertiary/aromatic N) is 2. The molecule has 1 aromatic rings. The number of aldehydes is 1. The number of unbranched alkanes of at least 4 members (excludes halogenated alkanes) is 1. The first-order valence-electron chi connectivity index (χ1n) is 13.1. The first-order valence-corrected chi connectivity index (χ1v) is 13.1. The predicted molar refractivity (Wildman–Crippen MR) is 147 cm³/mol. The number of anilines is 1. The van der Waals surface area contributed by atoms with E-state index in [9.17, 15) is 4.79 Å². The van der Waals surface area contributed by atoms with Gasteiger partial charge in [0.1, 0.15) is 6.29 Å². The molecular formula is C29H49N3O2. The lowest BCUT2D eigenvalue weighted by Gasteiger charge is -2.31. The quantitative estimate of drug-likeness (QED) is 0.148. The molecule has 5 nitrogen and oxygen atoms in total. The fourth-order valence-electron chi connectivity index (χ4n) is 3.91. The van der Waals surface area contributed by atoms with Crippen molar-refractivity contribution in [3.05, 3.63) is 54.1 Å². The second kappa shape index (κ2) is 19.4. The average Bonchev–Trinajstić information content (AvgIpc) is 2.86. The molecule has 1 unspecified atom stereocenters. The monoisotopic (exact) mass is 471 g/mol. The van der Waals surface area contributed by atoms with E-state index in [4.69, 9.17) is 4.74 Å². The lowest BCUT2D eigenvalue weighted by atomic mass is 9.96. The molecule has 1 N–H and O–H groups in total. The molecule has 1 aromatic carbocycles. The van der Waals surface area contributed by atoms with Crippen molar-refractivity contribution in [1.82, 2.24) is 10.2 Å². The first kappa shape index (κ1) is 30.1. The Labute approximate surface area is 209 Å². The summed E-state index contributed by atoms with van der Waals surface area (Å²) in [5, 5.41) is 3.57. The van der Waals surface area contributed by atoms with Crippen LogP contribution in [0.5, 0.6) is 0 Å². The summed E-state index contributed by atoms with van der Waals surface area (Å²) in [4.78, 5) is 16.5. The standard InChI is InChI=1S/C29H49N3O2/c1-6-9-17-31(19-16-30-15-11-12-22-34-5)20-21-32(18-10-7-2)29-24-27(25-33)13-14-28(29)23-26(4)8-3/h6-7,9,13-14,24-26,30H,2,8,10-12,15-23H2,1,3-5H3/b9-6+. The summed E-state index contributed by atoms with van der Waals surface area (Å²) >= 11 is 0. The van der Waals surface area contributed by atoms with Gasteiger partial charge in [0.2, 0.25) is 0 Å². The molecule has 0 fully saturated rings. The molecule has 0 aliphatic carbocycles. The van der Waals surface area contributed by atoms with Crippen LogP contribution in [0.3, 0.4) is 0 Å². The molecule has 0 amide bonds. The van der Waals surface area contributed by atoms with E-state index in [-0.39, 0.29) is 0 Å². The molecule has 0 aromatic heterocycles.